The van der Waals surface area contributed by atoms with Crippen molar-refractivity contribution in [3.05, 3.63) is 58.6 Å². The van der Waals surface area contributed by atoms with Gasteiger partial charge >= 0.3 is 5.97 Å². The van der Waals surface area contributed by atoms with Crippen molar-refractivity contribution >= 4 is 29.0 Å². The Kier molecular flexibility index (Phi) is 6.32. The molecule has 3 heterocycles. The summed E-state index contributed by atoms with van der Waals surface area (Å²) in [5.41, 5.74) is 3.38. The molecular formula is C20H18FN5O5S. The van der Waals surface area contributed by atoms with Crippen LogP contribution in [0.1, 0.15) is 17.8 Å². The second-order valence-electron chi connectivity index (χ2n) is 7.22. The van der Waals surface area contributed by atoms with Crippen LogP contribution in [0.2, 0.25) is 0 Å². The molecule has 3 aromatic rings. The quantitative estimate of drug-likeness (QED) is 0.431. The molecule has 10 nitrogen and oxygen atoms in total. The zero-order valence-electron chi connectivity index (χ0n) is 16.6. The fraction of sp³-hybridized carbons (Fsp3) is 0.300. The Labute approximate surface area is 185 Å². The third kappa shape index (κ3) is 5.21. The lowest BCUT2D eigenvalue weighted by atomic mass is 9.94. The number of nitrogens with zero attached hydrogens (tertiary/aromatic N) is 4. The number of ether oxygens (including phenoxy) is 1. The average molecular weight is 459 g/mol. The van der Waals surface area contributed by atoms with E-state index in [-0.39, 0.29) is 25.2 Å². The summed E-state index contributed by atoms with van der Waals surface area (Å²) in [6.07, 6.45) is -0.502. The summed E-state index contributed by atoms with van der Waals surface area (Å²) in [6, 6.07) is 5.70. The van der Waals surface area contributed by atoms with Gasteiger partial charge in [0.2, 0.25) is 5.91 Å². The fourth-order valence-corrected chi connectivity index (χ4v) is 3.75. The number of aliphatic carboxylic acids is 1. The number of aromatic nitrogens is 4. The van der Waals surface area contributed by atoms with Gasteiger partial charge in [-0.1, -0.05) is 5.21 Å². The maximum absolute atomic E-state index is 13.1. The van der Waals surface area contributed by atoms with Crippen LogP contribution >= 0.6 is 11.3 Å². The largest absolute Gasteiger partial charge is 0.479 e. The first-order valence-corrected chi connectivity index (χ1v) is 10.6. The van der Waals surface area contributed by atoms with Crippen molar-refractivity contribution in [2.24, 2.45) is 5.92 Å². The second kappa shape index (κ2) is 9.32. The van der Waals surface area contributed by atoms with Crippen LogP contribution in [-0.2, 0) is 32.1 Å². The SMILES string of the molecule is O=C(NCc1cn(-c2ccc(F)cc2)nn1)[C@@H](CC(=O)[C@H]1O[C@@H]1C(=O)O)Cc1cscn1. The Balaban J connectivity index is 1.38. The van der Waals surface area contributed by atoms with Gasteiger partial charge in [0.05, 0.1) is 35.6 Å². The van der Waals surface area contributed by atoms with Gasteiger partial charge in [-0.3, -0.25) is 9.59 Å². The number of amides is 1. The molecule has 0 bridgehead atoms. The van der Waals surface area contributed by atoms with Crippen molar-refractivity contribution < 1.29 is 28.6 Å². The molecule has 0 unspecified atom stereocenters. The zero-order valence-corrected chi connectivity index (χ0v) is 17.4. The normalized spacial score (nSPS) is 18.2. The highest BCUT2D eigenvalue weighted by Crippen LogP contribution is 2.26. The molecule has 1 saturated heterocycles. The summed E-state index contributed by atoms with van der Waals surface area (Å²) in [5.74, 6) is -3.14. The molecule has 0 aliphatic carbocycles. The number of hydrogen-bond donors (Lipinski definition) is 2. The summed E-state index contributed by atoms with van der Waals surface area (Å²) in [6.45, 7) is 0.0689. The highest BCUT2D eigenvalue weighted by Gasteiger charge is 2.50. The van der Waals surface area contributed by atoms with Gasteiger partial charge in [0.1, 0.15) is 11.5 Å². The van der Waals surface area contributed by atoms with E-state index < -0.39 is 35.8 Å². The van der Waals surface area contributed by atoms with Crippen molar-refractivity contribution in [2.75, 3.05) is 0 Å². The maximum Gasteiger partial charge on any atom is 0.336 e. The van der Waals surface area contributed by atoms with Gasteiger partial charge in [-0.05, 0) is 24.3 Å². The first-order valence-electron chi connectivity index (χ1n) is 9.63. The van der Waals surface area contributed by atoms with E-state index in [2.05, 4.69) is 20.6 Å². The number of epoxide rings is 1. The third-order valence-electron chi connectivity index (χ3n) is 4.89. The molecule has 12 heteroatoms. The minimum absolute atomic E-state index is 0.0689. The number of nitrogens with one attached hydrogen (secondary N) is 1. The number of ketones is 1. The molecule has 0 saturated carbocycles. The molecule has 166 valence electrons. The second-order valence-corrected chi connectivity index (χ2v) is 7.93. The number of carboxylic acids is 1. The summed E-state index contributed by atoms with van der Waals surface area (Å²) >= 11 is 1.37. The van der Waals surface area contributed by atoms with E-state index in [1.165, 1.54) is 28.2 Å². The standard InChI is InChI=1S/C20H18FN5O5S/c21-12-1-3-15(4-2-12)26-8-14(24-25-26)7-22-19(28)11(5-13-9-32-10-23-13)6-16(27)17-18(31-17)20(29)30/h1-4,8-11,17-18H,5-7H2,(H,22,28)(H,29,30)/t11-,17-,18+/m1/s1. The summed E-state index contributed by atoms with van der Waals surface area (Å²) in [5, 5.41) is 21.4. The van der Waals surface area contributed by atoms with Crippen molar-refractivity contribution in [1.29, 1.82) is 0 Å². The van der Waals surface area contributed by atoms with Gasteiger partial charge in [-0.2, -0.15) is 0 Å². The van der Waals surface area contributed by atoms with E-state index in [0.29, 0.717) is 17.1 Å². The van der Waals surface area contributed by atoms with Crippen LogP contribution in [0.3, 0.4) is 0 Å². The molecule has 1 aliphatic rings. The Bertz CT molecular complexity index is 1120. The number of benzene rings is 1. The van der Waals surface area contributed by atoms with Gasteiger partial charge in [-0.15, -0.1) is 16.4 Å². The summed E-state index contributed by atoms with van der Waals surface area (Å²) < 4.78 is 19.4. The van der Waals surface area contributed by atoms with Crippen LogP contribution in [-0.4, -0.2) is 55.0 Å². The number of Topliss-reactive ketones (excluding diaryl/α,β-unsaturated/α-hetero) is 1. The van der Waals surface area contributed by atoms with Gasteiger partial charge in [-0.25, -0.2) is 18.9 Å². The molecule has 1 aliphatic heterocycles. The Morgan fingerprint density at radius 1 is 1.22 bits per heavy atom. The van der Waals surface area contributed by atoms with E-state index in [1.807, 2.05) is 0 Å². The molecule has 0 spiro atoms. The van der Waals surface area contributed by atoms with Crippen LogP contribution in [0.4, 0.5) is 4.39 Å². The molecule has 1 fully saturated rings. The molecule has 0 radical (unpaired) electrons. The lowest BCUT2D eigenvalue weighted by molar-refractivity contribution is -0.138. The molecule has 32 heavy (non-hydrogen) atoms. The van der Waals surface area contributed by atoms with Gasteiger partial charge in [0, 0.05) is 18.2 Å². The van der Waals surface area contributed by atoms with Crippen molar-refractivity contribution in [2.45, 2.75) is 31.6 Å². The smallest absolute Gasteiger partial charge is 0.336 e. The van der Waals surface area contributed by atoms with Crippen LogP contribution < -0.4 is 5.32 Å². The number of carbonyl (C=O) groups is 3. The van der Waals surface area contributed by atoms with E-state index in [1.54, 1.807) is 29.2 Å². The van der Waals surface area contributed by atoms with E-state index >= 15 is 0 Å². The van der Waals surface area contributed by atoms with Gasteiger partial charge < -0.3 is 15.2 Å². The summed E-state index contributed by atoms with van der Waals surface area (Å²) in [4.78, 5) is 40.3. The number of halogens is 1. The van der Waals surface area contributed by atoms with Crippen LogP contribution in [0.25, 0.3) is 5.69 Å². The monoisotopic (exact) mass is 459 g/mol. The van der Waals surface area contributed by atoms with Crippen LogP contribution in [0.5, 0.6) is 0 Å². The molecule has 1 amide bonds. The predicted octanol–water partition coefficient (Wildman–Crippen LogP) is 1.15. The number of rotatable bonds is 10. The maximum atomic E-state index is 13.1. The zero-order chi connectivity index (χ0) is 22.7. The minimum atomic E-state index is -1.20. The van der Waals surface area contributed by atoms with Crippen LogP contribution in [0, 0.1) is 11.7 Å². The average Bonchev–Trinajstić information content (AvgIpc) is 3.17. The lowest BCUT2D eigenvalue weighted by Gasteiger charge is -2.14. The van der Waals surface area contributed by atoms with Crippen LogP contribution in [0.15, 0.2) is 41.4 Å². The highest BCUT2D eigenvalue weighted by molar-refractivity contribution is 7.07. The Morgan fingerprint density at radius 3 is 2.66 bits per heavy atom. The lowest BCUT2D eigenvalue weighted by Crippen LogP contribution is -2.34. The first-order chi connectivity index (χ1) is 15.4. The Hall–Kier alpha value is -3.51. The van der Waals surface area contributed by atoms with E-state index in [9.17, 15) is 18.8 Å². The first kappa shape index (κ1) is 21.7. The molecular weight excluding hydrogens is 441 g/mol. The molecule has 1 aromatic carbocycles. The van der Waals surface area contributed by atoms with Crippen molar-refractivity contribution in [1.82, 2.24) is 25.3 Å². The predicted molar refractivity (Wildman–Crippen MR) is 108 cm³/mol. The van der Waals surface area contributed by atoms with E-state index in [0.717, 1.165) is 0 Å². The van der Waals surface area contributed by atoms with Crippen molar-refractivity contribution in [3.8, 4) is 5.69 Å². The molecule has 4 rings (SSSR count). The molecule has 3 atom stereocenters. The fourth-order valence-electron chi connectivity index (χ4n) is 3.17. The third-order valence-corrected chi connectivity index (χ3v) is 5.52. The summed E-state index contributed by atoms with van der Waals surface area (Å²) in [7, 11) is 0. The van der Waals surface area contributed by atoms with E-state index in [4.69, 9.17) is 9.84 Å². The number of carboxylic acid groups (broad SMARTS) is 1. The van der Waals surface area contributed by atoms with Crippen molar-refractivity contribution in [3.63, 3.8) is 0 Å². The minimum Gasteiger partial charge on any atom is -0.479 e. The number of hydrogen-bond acceptors (Lipinski definition) is 8. The molecule has 2 aromatic heterocycles. The van der Waals surface area contributed by atoms with Gasteiger partial charge in [0.25, 0.3) is 0 Å². The Morgan fingerprint density at radius 2 is 2.00 bits per heavy atom. The highest BCUT2D eigenvalue weighted by atomic mass is 32.1. The number of thiazole rings is 1. The topological polar surface area (TPSA) is 140 Å². The molecule has 2 N–H and O–H groups in total. The number of carbonyl (C=O) groups excluding carboxylic acids is 2. The van der Waals surface area contributed by atoms with Gasteiger partial charge in [0.15, 0.2) is 18.0 Å².